The van der Waals surface area contributed by atoms with Gasteiger partial charge in [0.1, 0.15) is 0 Å². The van der Waals surface area contributed by atoms with Gasteiger partial charge >= 0.3 is 0 Å². The Bertz CT molecular complexity index is 472. The Morgan fingerprint density at radius 2 is 2.50 bits per heavy atom. The van der Waals surface area contributed by atoms with Crippen LogP contribution in [0.5, 0.6) is 0 Å². The molecule has 0 saturated carbocycles. The molecule has 2 heterocycles. The minimum Gasteiger partial charge on any atom is -0.345 e. The first-order valence-corrected chi connectivity index (χ1v) is 6.59. The normalized spacial score (nSPS) is 19.7. The zero-order chi connectivity index (χ0) is 11.0. The molecule has 1 atom stereocenters. The zero-order valence-corrected chi connectivity index (χ0v) is 9.91. The third-order valence-corrected chi connectivity index (χ3v) is 3.89. The maximum atomic E-state index is 6.11. The Hall–Kier alpha value is -1.13. The number of hydrogen-bond acceptors (Lipinski definition) is 3. The van der Waals surface area contributed by atoms with Gasteiger partial charge in [-0.3, -0.25) is 0 Å². The van der Waals surface area contributed by atoms with Crippen molar-refractivity contribution < 1.29 is 0 Å². The van der Waals surface area contributed by atoms with Gasteiger partial charge in [0.25, 0.3) is 0 Å². The highest BCUT2D eigenvalue weighted by Crippen LogP contribution is 2.29. The molecule has 84 valence electrons. The summed E-state index contributed by atoms with van der Waals surface area (Å²) >= 11 is 1.65. The zero-order valence-electron chi connectivity index (χ0n) is 9.10. The van der Waals surface area contributed by atoms with E-state index in [0.717, 1.165) is 25.1 Å². The average Bonchev–Trinajstić information content (AvgIpc) is 2.90. The van der Waals surface area contributed by atoms with E-state index in [4.69, 9.17) is 5.73 Å². The Labute approximate surface area is 98.9 Å². The molecule has 2 aromatic heterocycles. The predicted molar refractivity (Wildman–Crippen MR) is 65.5 cm³/mol. The second-order valence-electron chi connectivity index (χ2n) is 4.32. The summed E-state index contributed by atoms with van der Waals surface area (Å²) in [6, 6.07) is 2.41. The molecule has 0 aliphatic heterocycles. The number of thiazole rings is 1. The van der Waals surface area contributed by atoms with E-state index in [0.29, 0.717) is 0 Å². The molecule has 3 rings (SSSR count). The van der Waals surface area contributed by atoms with Gasteiger partial charge < -0.3 is 10.3 Å². The van der Waals surface area contributed by atoms with Crippen LogP contribution in [-0.2, 0) is 13.0 Å². The van der Waals surface area contributed by atoms with Crippen molar-refractivity contribution in [2.45, 2.75) is 31.8 Å². The van der Waals surface area contributed by atoms with Crippen molar-refractivity contribution in [2.75, 3.05) is 0 Å². The summed E-state index contributed by atoms with van der Waals surface area (Å²) in [6.07, 6.45) is 5.62. The van der Waals surface area contributed by atoms with E-state index < -0.39 is 0 Å². The molecular formula is C12H15N3S. The summed E-state index contributed by atoms with van der Waals surface area (Å²) < 4.78 is 2.30. The van der Waals surface area contributed by atoms with E-state index in [1.54, 1.807) is 11.3 Å². The fourth-order valence-electron chi connectivity index (χ4n) is 2.43. The molecule has 0 saturated heterocycles. The Kier molecular flexibility index (Phi) is 2.53. The van der Waals surface area contributed by atoms with Gasteiger partial charge in [-0.2, -0.15) is 0 Å². The Balaban J connectivity index is 1.91. The smallest absolute Gasteiger partial charge is 0.0795 e. The highest BCUT2D eigenvalue weighted by atomic mass is 32.1. The number of rotatable bonds is 2. The van der Waals surface area contributed by atoms with Crippen LogP contribution in [0.1, 0.15) is 35.8 Å². The minimum atomic E-state index is 0.237. The van der Waals surface area contributed by atoms with Crippen LogP contribution < -0.4 is 5.73 Å². The molecule has 4 heteroatoms. The van der Waals surface area contributed by atoms with Crippen LogP contribution in [0.3, 0.4) is 0 Å². The van der Waals surface area contributed by atoms with Crippen LogP contribution in [0.25, 0.3) is 0 Å². The van der Waals surface area contributed by atoms with Gasteiger partial charge in [-0.25, -0.2) is 4.98 Å². The van der Waals surface area contributed by atoms with Gasteiger partial charge in [0.05, 0.1) is 17.7 Å². The summed E-state index contributed by atoms with van der Waals surface area (Å²) in [7, 11) is 0. The summed E-state index contributed by atoms with van der Waals surface area (Å²) in [5.74, 6) is 0. The van der Waals surface area contributed by atoms with Crippen LogP contribution in [0, 0.1) is 0 Å². The number of aromatic nitrogens is 2. The van der Waals surface area contributed by atoms with Gasteiger partial charge in [0, 0.05) is 23.3 Å². The lowest BCUT2D eigenvalue weighted by molar-refractivity contribution is 0.547. The van der Waals surface area contributed by atoms with Crippen molar-refractivity contribution in [3.05, 3.63) is 40.1 Å². The number of fused-ring (bicyclic) bond motifs is 1. The Morgan fingerprint density at radius 3 is 3.31 bits per heavy atom. The lowest BCUT2D eigenvalue weighted by atomic mass is 9.94. The number of nitrogens with two attached hydrogens (primary N) is 1. The van der Waals surface area contributed by atoms with E-state index in [1.165, 1.54) is 17.7 Å². The first kappa shape index (κ1) is 10.1. The maximum Gasteiger partial charge on any atom is 0.0795 e. The molecule has 0 bridgehead atoms. The molecule has 2 aromatic rings. The van der Waals surface area contributed by atoms with E-state index in [2.05, 4.69) is 27.2 Å². The van der Waals surface area contributed by atoms with Crippen molar-refractivity contribution >= 4 is 11.3 Å². The van der Waals surface area contributed by atoms with E-state index in [1.807, 2.05) is 5.51 Å². The summed E-state index contributed by atoms with van der Waals surface area (Å²) in [6.45, 7) is 0.881. The summed E-state index contributed by atoms with van der Waals surface area (Å²) in [5.41, 5.74) is 11.9. The van der Waals surface area contributed by atoms with Crippen LogP contribution in [-0.4, -0.2) is 9.55 Å². The van der Waals surface area contributed by atoms with Crippen molar-refractivity contribution in [1.29, 1.82) is 0 Å². The van der Waals surface area contributed by atoms with E-state index in [9.17, 15) is 0 Å². The molecule has 1 aliphatic carbocycles. The second-order valence-corrected chi connectivity index (χ2v) is 5.04. The van der Waals surface area contributed by atoms with Crippen molar-refractivity contribution in [3.63, 3.8) is 0 Å². The van der Waals surface area contributed by atoms with Crippen molar-refractivity contribution in [2.24, 2.45) is 5.73 Å². The van der Waals surface area contributed by atoms with Crippen LogP contribution in [0.2, 0.25) is 0 Å². The predicted octanol–water partition coefficient (Wildman–Crippen LogP) is 2.33. The van der Waals surface area contributed by atoms with Gasteiger partial charge in [-0.15, -0.1) is 11.3 Å². The first-order valence-electron chi connectivity index (χ1n) is 5.65. The highest BCUT2D eigenvalue weighted by molar-refractivity contribution is 7.07. The van der Waals surface area contributed by atoms with E-state index in [-0.39, 0.29) is 6.04 Å². The lowest BCUT2D eigenvalue weighted by Crippen LogP contribution is -2.18. The monoisotopic (exact) mass is 233 g/mol. The second kappa shape index (κ2) is 4.03. The third-order valence-electron chi connectivity index (χ3n) is 3.26. The highest BCUT2D eigenvalue weighted by Gasteiger charge is 2.20. The standard InChI is InChI=1S/C12H15N3S/c13-11-2-1-3-12-10(11)4-5-15(12)6-9-7-16-8-14-9/h4-5,7-8,11H,1-3,6,13H2. The first-order chi connectivity index (χ1) is 7.84. The van der Waals surface area contributed by atoms with E-state index >= 15 is 0 Å². The molecule has 0 amide bonds. The molecule has 1 aliphatic rings. The topological polar surface area (TPSA) is 43.8 Å². The Morgan fingerprint density at radius 1 is 1.56 bits per heavy atom. The molecule has 2 N–H and O–H groups in total. The lowest BCUT2D eigenvalue weighted by Gasteiger charge is -2.20. The molecule has 0 radical (unpaired) electrons. The largest absolute Gasteiger partial charge is 0.345 e. The van der Waals surface area contributed by atoms with Gasteiger partial charge in [-0.1, -0.05) is 0 Å². The van der Waals surface area contributed by atoms with Crippen LogP contribution in [0.15, 0.2) is 23.2 Å². The number of nitrogens with zero attached hydrogens (tertiary/aromatic N) is 2. The van der Waals surface area contributed by atoms with Gasteiger partial charge in [0.15, 0.2) is 0 Å². The van der Waals surface area contributed by atoms with Crippen LogP contribution >= 0.6 is 11.3 Å². The fraction of sp³-hybridized carbons (Fsp3) is 0.417. The molecule has 0 spiro atoms. The van der Waals surface area contributed by atoms with Gasteiger partial charge in [0.2, 0.25) is 0 Å². The third kappa shape index (κ3) is 1.68. The minimum absolute atomic E-state index is 0.237. The SMILES string of the molecule is NC1CCCc2c1ccn2Cc1cscn1. The fourth-order valence-corrected chi connectivity index (χ4v) is 2.98. The molecule has 16 heavy (non-hydrogen) atoms. The van der Waals surface area contributed by atoms with Crippen molar-refractivity contribution in [3.8, 4) is 0 Å². The number of hydrogen-bond donors (Lipinski definition) is 1. The van der Waals surface area contributed by atoms with Crippen LogP contribution in [0.4, 0.5) is 0 Å². The van der Waals surface area contributed by atoms with Gasteiger partial charge in [-0.05, 0) is 30.9 Å². The summed E-state index contributed by atoms with van der Waals surface area (Å²) in [5, 5.41) is 2.11. The molecular weight excluding hydrogens is 218 g/mol. The molecule has 3 nitrogen and oxygen atoms in total. The molecule has 0 aromatic carbocycles. The maximum absolute atomic E-state index is 6.11. The summed E-state index contributed by atoms with van der Waals surface area (Å²) in [4.78, 5) is 4.33. The molecule has 1 unspecified atom stereocenters. The average molecular weight is 233 g/mol. The quantitative estimate of drug-likeness (QED) is 0.865. The molecule has 0 fully saturated rings. The van der Waals surface area contributed by atoms with Crippen molar-refractivity contribution in [1.82, 2.24) is 9.55 Å².